The number of Topliss-reactive ketones (excluding diaryl/α,β-unsaturated/α-hetero) is 1. The van der Waals surface area contributed by atoms with Gasteiger partial charge in [0.1, 0.15) is 0 Å². The Balaban J connectivity index is 2.09. The Morgan fingerprint density at radius 1 is 1.04 bits per heavy atom. The first kappa shape index (κ1) is 20.4. The summed E-state index contributed by atoms with van der Waals surface area (Å²) in [5, 5.41) is 3.18. The summed E-state index contributed by atoms with van der Waals surface area (Å²) < 4.78 is 26.0. The summed E-state index contributed by atoms with van der Waals surface area (Å²) in [6.07, 6.45) is 0. The maximum Gasteiger partial charge on any atom is 0.243 e. The molecule has 138 valence electrons. The number of rotatable bonds is 6. The van der Waals surface area contributed by atoms with E-state index in [1.165, 1.54) is 50.4 Å². The van der Waals surface area contributed by atoms with Crippen molar-refractivity contribution in [2.45, 2.75) is 11.8 Å². The number of nitrogens with one attached hydrogen (secondary N) is 1. The highest BCUT2D eigenvalue weighted by molar-refractivity contribution is 7.89. The number of hydrogen-bond acceptors (Lipinski definition) is 4. The molecule has 0 atom stereocenters. The molecule has 0 aliphatic heterocycles. The molecule has 2 aromatic rings. The first-order valence-electron chi connectivity index (χ1n) is 7.43. The summed E-state index contributed by atoms with van der Waals surface area (Å²) in [4.78, 5) is 23.4. The van der Waals surface area contributed by atoms with Crippen LogP contribution < -0.4 is 5.32 Å². The number of benzene rings is 2. The molecule has 0 aliphatic rings. The molecule has 2 aromatic carbocycles. The molecule has 2 rings (SSSR count). The van der Waals surface area contributed by atoms with Gasteiger partial charge in [-0.05, 0) is 37.3 Å². The molecule has 1 N–H and O–H groups in total. The van der Waals surface area contributed by atoms with Crippen molar-refractivity contribution in [1.29, 1.82) is 0 Å². The highest BCUT2D eigenvalue weighted by Gasteiger charge is 2.23. The molecule has 0 heterocycles. The number of carbonyl (C=O) groups excluding carboxylic acids is 2. The Morgan fingerprint density at radius 3 is 2.19 bits per heavy atom. The molecule has 0 spiro atoms. The molecule has 0 fully saturated rings. The minimum absolute atomic E-state index is 0.00710. The standard InChI is InChI=1S/C17H16Cl2N2O4S/c1-11(22)12-3-6-14(7-4-12)26(24,25)21(2)10-17(23)20-13-5-8-15(18)16(19)9-13/h3-9H,10H2,1-2H3,(H,20,23). The average molecular weight is 415 g/mol. The first-order chi connectivity index (χ1) is 12.1. The van der Waals surface area contributed by atoms with E-state index in [9.17, 15) is 18.0 Å². The average Bonchev–Trinajstić information content (AvgIpc) is 2.58. The van der Waals surface area contributed by atoms with Crippen LogP contribution in [0, 0.1) is 0 Å². The molecule has 0 aliphatic carbocycles. The van der Waals surface area contributed by atoms with Gasteiger partial charge < -0.3 is 5.32 Å². The SMILES string of the molecule is CC(=O)c1ccc(S(=O)(=O)N(C)CC(=O)Nc2ccc(Cl)c(Cl)c2)cc1. The lowest BCUT2D eigenvalue weighted by atomic mass is 10.2. The third-order valence-corrected chi connectivity index (χ3v) is 6.10. The van der Waals surface area contributed by atoms with E-state index in [-0.39, 0.29) is 15.7 Å². The van der Waals surface area contributed by atoms with Crippen molar-refractivity contribution in [2.75, 3.05) is 18.9 Å². The molecular weight excluding hydrogens is 399 g/mol. The number of anilines is 1. The topological polar surface area (TPSA) is 83.6 Å². The molecule has 9 heteroatoms. The van der Waals surface area contributed by atoms with Gasteiger partial charge in [-0.25, -0.2) is 8.42 Å². The zero-order chi connectivity index (χ0) is 19.5. The molecule has 0 saturated carbocycles. The summed E-state index contributed by atoms with van der Waals surface area (Å²) in [7, 11) is -2.58. The number of amides is 1. The van der Waals surface area contributed by atoms with Crippen molar-refractivity contribution in [3.8, 4) is 0 Å². The Morgan fingerprint density at radius 2 is 1.65 bits per heavy atom. The minimum atomic E-state index is -3.87. The summed E-state index contributed by atoms with van der Waals surface area (Å²) in [5.41, 5.74) is 0.810. The summed E-state index contributed by atoms with van der Waals surface area (Å²) in [6.45, 7) is 1.00. The van der Waals surface area contributed by atoms with Gasteiger partial charge in [-0.1, -0.05) is 35.3 Å². The van der Waals surface area contributed by atoms with Gasteiger partial charge in [0, 0.05) is 18.3 Å². The molecule has 0 radical (unpaired) electrons. The van der Waals surface area contributed by atoms with Crippen molar-refractivity contribution < 1.29 is 18.0 Å². The van der Waals surface area contributed by atoms with Gasteiger partial charge in [-0.3, -0.25) is 9.59 Å². The number of ketones is 1. The third kappa shape index (κ3) is 4.82. The Hall–Kier alpha value is -1.93. The van der Waals surface area contributed by atoms with E-state index in [1.807, 2.05) is 0 Å². The molecule has 26 heavy (non-hydrogen) atoms. The predicted molar refractivity (Wildman–Crippen MR) is 101 cm³/mol. The van der Waals surface area contributed by atoms with Crippen molar-refractivity contribution in [2.24, 2.45) is 0 Å². The van der Waals surface area contributed by atoms with Crippen LogP contribution in [-0.2, 0) is 14.8 Å². The van der Waals surface area contributed by atoms with Crippen LogP contribution in [0.25, 0.3) is 0 Å². The second-order valence-electron chi connectivity index (χ2n) is 5.52. The number of sulfonamides is 1. The number of carbonyl (C=O) groups is 2. The van der Waals surface area contributed by atoms with E-state index in [4.69, 9.17) is 23.2 Å². The minimum Gasteiger partial charge on any atom is -0.325 e. The quantitative estimate of drug-likeness (QED) is 0.733. The van der Waals surface area contributed by atoms with Gasteiger partial charge in [-0.2, -0.15) is 4.31 Å². The number of halogens is 2. The van der Waals surface area contributed by atoms with Crippen LogP contribution in [0.3, 0.4) is 0 Å². The number of likely N-dealkylation sites (N-methyl/N-ethyl adjacent to an activating group) is 1. The molecule has 1 amide bonds. The van der Waals surface area contributed by atoms with E-state index >= 15 is 0 Å². The van der Waals surface area contributed by atoms with Crippen molar-refractivity contribution >= 4 is 50.6 Å². The zero-order valence-corrected chi connectivity index (χ0v) is 16.3. The van der Waals surface area contributed by atoms with E-state index in [2.05, 4.69) is 5.32 Å². The fraction of sp³-hybridized carbons (Fsp3) is 0.176. The third-order valence-electron chi connectivity index (χ3n) is 3.54. The predicted octanol–water partition coefficient (Wildman–Crippen LogP) is 3.46. The van der Waals surface area contributed by atoms with Gasteiger partial charge in [0.15, 0.2) is 5.78 Å². The molecule has 6 nitrogen and oxygen atoms in total. The maximum atomic E-state index is 12.5. The molecule has 0 aromatic heterocycles. The van der Waals surface area contributed by atoms with Gasteiger partial charge in [-0.15, -0.1) is 0 Å². The summed E-state index contributed by atoms with van der Waals surface area (Å²) in [6, 6.07) is 10.1. The highest BCUT2D eigenvalue weighted by atomic mass is 35.5. The summed E-state index contributed by atoms with van der Waals surface area (Å²) >= 11 is 11.7. The lowest BCUT2D eigenvalue weighted by molar-refractivity contribution is -0.116. The van der Waals surface area contributed by atoms with Gasteiger partial charge >= 0.3 is 0 Å². The van der Waals surface area contributed by atoms with Crippen molar-refractivity contribution in [3.63, 3.8) is 0 Å². The van der Waals surface area contributed by atoms with Crippen molar-refractivity contribution in [3.05, 3.63) is 58.1 Å². The Kier molecular flexibility index (Phi) is 6.41. The monoisotopic (exact) mass is 414 g/mol. The highest BCUT2D eigenvalue weighted by Crippen LogP contribution is 2.25. The summed E-state index contributed by atoms with van der Waals surface area (Å²) in [5.74, 6) is -0.696. The number of nitrogens with zero attached hydrogens (tertiary/aromatic N) is 1. The fourth-order valence-corrected chi connectivity index (χ4v) is 3.53. The maximum absolute atomic E-state index is 12.5. The number of hydrogen-bond donors (Lipinski definition) is 1. The Labute approximate surface area is 161 Å². The molecule has 0 unspecified atom stereocenters. The molecular formula is C17H16Cl2N2O4S. The van der Waals surface area contributed by atoms with Crippen molar-refractivity contribution in [1.82, 2.24) is 4.31 Å². The Bertz CT molecular complexity index is 944. The van der Waals surface area contributed by atoms with Crippen LogP contribution in [-0.4, -0.2) is 38.0 Å². The second-order valence-corrected chi connectivity index (χ2v) is 8.38. The molecule has 0 bridgehead atoms. The van der Waals surface area contributed by atoms with Crippen LogP contribution in [0.15, 0.2) is 47.4 Å². The van der Waals surface area contributed by atoms with Crippen LogP contribution in [0.4, 0.5) is 5.69 Å². The van der Waals surface area contributed by atoms with Crippen LogP contribution in [0.2, 0.25) is 10.0 Å². The van der Waals surface area contributed by atoms with E-state index in [0.29, 0.717) is 16.3 Å². The smallest absolute Gasteiger partial charge is 0.243 e. The second kappa shape index (κ2) is 8.18. The van der Waals surface area contributed by atoms with Gasteiger partial charge in [0.05, 0.1) is 21.5 Å². The lowest BCUT2D eigenvalue weighted by Crippen LogP contribution is -2.35. The lowest BCUT2D eigenvalue weighted by Gasteiger charge is -2.17. The fourth-order valence-electron chi connectivity index (χ4n) is 2.10. The molecule has 0 saturated heterocycles. The van der Waals surface area contributed by atoms with E-state index in [0.717, 1.165) is 4.31 Å². The van der Waals surface area contributed by atoms with E-state index in [1.54, 1.807) is 6.07 Å². The van der Waals surface area contributed by atoms with Crippen LogP contribution in [0.1, 0.15) is 17.3 Å². The normalized spacial score (nSPS) is 11.4. The largest absolute Gasteiger partial charge is 0.325 e. The van der Waals surface area contributed by atoms with Crippen LogP contribution in [0.5, 0.6) is 0 Å². The van der Waals surface area contributed by atoms with Crippen LogP contribution >= 0.6 is 23.2 Å². The van der Waals surface area contributed by atoms with E-state index < -0.39 is 22.5 Å². The first-order valence-corrected chi connectivity index (χ1v) is 9.63. The van der Waals surface area contributed by atoms with Gasteiger partial charge in [0.2, 0.25) is 15.9 Å². The van der Waals surface area contributed by atoms with Gasteiger partial charge in [0.25, 0.3) is 0 Å². The zero-order valence-electron chi connectivity index (χ0n) is 14.0.